The summed E-state index contributed by atoms with van der Waals surface area (Å²) >= 11 is 1.24. The molecule has 1 aromatic heterocycles. The minimum absolute atomic E-state index is 0.201. The Hall–Kier alpha value is -0.470. The Labute approximate surface area is 118 Å². The van der Waals surface area contributed by atoms with Crippen LogP contribution in [0.3, 0.4) is 0 Å². The second-order valence-electron chi connectivity index (χ2n) is 4.70. The van der Waals surface area contributed by atoms with Crippen LogP contribution in [0.15, 0.2) is 10.3 Å². The van der Waals surface area contributed by atoms with Crippen molar-refractivity contribution in [3.8, 4) is 0 Å². The maximum Gasteiger partial charge on any atom is 0.250 e. The van der Waals surface area contributed by atoms with Crippen LogP contribution in [0.5, 0.6) is 0 Å². The van der Waals surface area contributed by atoms with E-state index in [1.165, 1.54) is 11.3 Å². The van der Waals surface area contributed by atoms with E-state index >= 15 is 0 Å². The zero-order valence-corrected chi connectivity index (χ0v) is 12.6. The fourth-order valence-corrected chi connectivity index (χ4v) is 4.68. The van der Waals surface area contributed by atoms with Crippen molar-refractivity contribution >= 4 is 21.4 Å². The van der Waals surface area contributed by atoms with E-state index in [0.29, 0.717) is 17.3 Å². The number of nitrogens with one attached hydrogen (secondary N) is 1. The topological polar surface area (TPSA) is 81.4 Å². The molecule has 2 rings (SSSR count). The molecular weight excluding hydrogens is 284 g/mol. The van der Waals surface area contributed by atoms with Gasteiger partial charge in [0.1, 0.15) is 4.21 Å². The van der Waals surface area contributed by atoms with Crippen LogP contribution in [0.2, 0.25) is 0 Å². The zero-order chi connectivity index (χ0) is 13.9. The summed E-state index contributed by atoms with van der Waals surface area (Å²) in [6.45, 7) is 3.47. The molecular formula is C12H20N2O3S2. The van der Waals surface area contributed by atoms with Crippen LogP contribution in [0, 0.1) is 6.92 Å². The first kappa shape index (κ1) is 14.9. The number of hydrogen-bond acceptors (Lipinski definition) is 5. The SMILES string of the molecule is Cc1cc(S(=O)(=O)NCCC2CCCO2)sc1CN. The minimum atomic E-state index is -3.41. The van der Waals surface area contributed by atoms with Crippen molar-refractivity contribution in [1.29, 1.82) is 0 Å². The lowest BCUT2D eigenvalue weighted by Gasteiger charge is -2.09. The van der Waals surface area contributed by atoms with Gasteiger partial charge < -0.3 is 10.5 Å². The van der Waals surface area contributed by atoms with Crippen molar-refractivity contribution in [3.05, 3.63) is 16.5 Å². The van der Waals surface area contributed by atoms with Crippen LogP contribution in [-0.4, -0.2) is 27.7 Å². The molecule has 1 aliphatic heterocycles. The number of hydrogen-bond donors (Lipinski definition) is 2. The highest BCUT2D eigenvalue weighted by atomic mass is 32.2. The van der Waals surface area contributed by atoms with E-state index in [1.54, 1.807) is 6.07 Å². The largest absolute Gasteiger partial charge is 0.378 e. The summed E-state index contributed by atoms with van der Waals surface area (Å²) < 4.78 is 32.6. The normalized spacial score (nSPS) is 20.0. The van der Waals surface area contributed by atoms with Crippen molar-refractivity contribution in [2.45, 2.75) is 43.0 Å². The Morgan fingerprint density at radius 3 is 2.95 bits per heavy atom. The van der Waals surface area contributed by atoms with Crippen molar-refractivity contribution in [1.82, 2.24) is 4.72 Å². The summed E-state index contributed by atoms with van der Waals surface area (Å²) in [6, 6.07) is 1.68. The van der Waals surface area contributed by atoms with Gasteiger partial charge in [-0.05, 0) is 37.8 Å². The number of nitrogens with two attached hydrogens (primary N) is 1. The third-order valence-electron chi connectivity index (χ3n) is 3.23. The standard InChI is InChI=1S/C12H20N2O3S2/c1-9-7-12(18-11(9)8-13)19(15,16)14-5-4-10-3-2-6-17-10/h7,10,14H,2-6,8,13H2,1H3. The lowest BCUT2D eigenvalue weighted by Crippen LogP contribution is -2.26. The van der Waals surface area contributed by atoms with Gasteiger partial charge in [0.2, 0.25) is 10.0 Å². The smallest absolute Gasteiger partial charge is 0.250 e. The molecule has 0 radical (unpaired) electrons. The van der Waals surface area contributed by atoms with Crippen LogP contribution < -0.4 is 10.5 Å². The van der Waals surface area contributed by atoms with Gasteiger partial charge in [0.25, 0.3) is 0 Å². The van der Waals surface area contributed by atoms with Crippen molar-refractivity contribution in [3.63, 3.8) is 0 Å². The van der Waals surface area contributed by atoms with E-state index in [4.69, 9.17) is 10.5 Å². The molecule has 108 valence electrons. The van der Waals surface area contributed by atoms with Gasteiger partial charge in [-0.1, -0.05) is 0 Å². The number of rotatable bonds is 6. The van der Waals surface area contributed by atoms with Crippen LogP contribution in [-0.2, 0) is 21.3 Å². The molecule has 1 aliphatic rings. The maximum atomic E-state index is 12.1. The van der Waals surface area contributed by atoms with Gasteiger partial charge in [0, 0.05) is 24.6 Å². The molecule has 19 heavy (non-hydrogen) atoms. The summed E-state index contributed by atoms with van der Waals surface area (Å²) in [5.41, 5.74) is 6.51. The molecule has 2 heterocycles. The number of thiophene rings is 1. The lowest BCUT2D eigenvalue weighted by molar-refractivity contribution is 0.105. The van der Waals surface area contributed by atoms with E-state index in [-0.39, 0.29) is 6.10 Å². The molecule has 5 nitrogen and oxygen atoms in total. The fraction of sp³-hybridized carbons (Fsp3) is 0.667. The average molecular weight is 304 g/mol. The number of ether oxygens (including phenoxy) is 1. The average Bonchev–Trinajstić information content (AvgIpc) is 2.98. The number of sulfonamides is 1. The Morgan fingerprint density at radius 2 is 2.37 bits per heavy atom. The molecule has 1 fully saturated rings. The minimum Gasteiger partial charge on any atom is -0.378 e. The Balaban J connectivity index is 1.93. The first-order valence-electron chi connectivity index (χ1n) is 6.43. The molecule has 0 aromatic carbocycles. The van der Waals surface area contributed by atoms with Gasteiger partial charge >= 0.3 is 0 Å². The van der Waals surface area contributed by atoms with Crippen molar-refractivity contribution < 1.29 is 13.2 Å². The van der Waals surface area contributed by atoms with Gasteiger partial charge in [-0.15, -0.1) is 11.3 Å². The first-order chi connectivity index (χ1) is 9.03. The highest BCUT2D eigenvalue weighted by Gasteiger charge is 2.20. The third-order valence-corrected chi connectivity index (χ3v) is 6.42. The summed E-state index contributed by atoms with van der Waals surface area (Å²) in [4.78, 5) is 0.916. The van der Waals surface area contributed by atoms with Crippen molar-refractivity contribution in [2.75, 3.05) is 13.2 Å². The summed E-state index contributed by atoms with van der Waals surface area (Å²) in [5, 5.41) is 0. The molecule has 0 amide bonds. The van der Waals surface area contributed by atoms with E-state index in [9.17, 15) is 8.42 Å². The molecule has 1 saturated heterocycles. The second-order valence-corrected chi connectivity index (χ2v) is 7.83. The molecule has 0 aliphatic carbocycles. The first-order valence-corrected chi connectivity index (χ1v) is 8.73. The van der Waals surface area contributed by atoms with Crippen LogP contribution in [0.25, 0.3) is 0 Å². The highest BCUT2D eigenvalue weighted by molar-refractivity contribution is 7.91. The van der Waals surface area contributed by atoms with Crippen LogP contribution in [0.4, 0.5) is 0 Å². The molecule has 0 saturated carbocycles. The molecule has 1 unspecified atom stereocenters. The second kappa shape index (κ2) is 6.32. The monoisotopic (exact) mass is 304 g/mol. The van der Waals surface area contributed by atoms with Gasteiger partial charge in [-0.3, -0.25) is 0 Å². The summed E-state index contributed by atoms with van der Waals surface area (Å²) in [7, 11) is -3.41. The quantitative estimate of drug-likeness (QED) is 0.831. The lowest BCUT2D eigenvalue weighted by atomic mass is 10.2. The highest BCUT2D eigenvalue weighted by Crippen LogP contribution is 2.25. The summed E-state index contributed by atoms with van der Waals surface area (Å²) in [6.07, 6.45) is 3.03. The zero-order valence-electron chi connectivity index (χ0n) is 11.0. The van der Waals surface area contributed by atoms with E-state index in [2.05, 4.69) is 4.72 Å². The molecule has 0 spiro atoms. The van der Waals surface area contributed by atoms with E-state index in [1.807, 2.05) is 6.92 Å². The van der Waals surface area contributed by atoms with E-state index < -0.39 is 10.0 Å². The predicted molar refractivity (Wildman–Crippen MR) is 75.7 cm³/mol. The Bertz CT molecular complexity index is 519. The molecule has 1 aromatic rings. The molecule has 1 atom stereocenters. The predicted octanol–water partition coefficient (Wildman–Crippen LogP) is 1.36. The third kappa shape index (κ3) is 3.76. The van der Waals surface area contributed by atoms with E-state index in [0.717, 1.165) is 36.3 Å². The molecule has 3 N–H and O–H groups in total. The Kier molecular flexibility index (Phi) is 4.97. The van der Waals surface area contributed by atoms with Crippen LogP contribution >= 0.6 is 11.3 Å². The van der Waals surface area contributed by atoms with Gasteiger partial charge in [0.05, 0.1) is 6.10 Å². The number of aryl methyl sites for hydroxylation is 1. The Morgan fingerprint density at radius 1 is 1.58 bits per heavy atom. The molecule has 0 bridgehead atoms. The van der Waals surface area contributed by atoms with Crippen LogP contribution in [0.1, 0.15) is 29.7 Å². The summed E-state index contributed by atoms with van der Waals surface area (Å²) in [5.74, 6) is 0. The van der Waals surface area contributed by atoms with Gasteiger partial charge in [-0.2, -0.15) is 0 Å². The maximum absolute atomic E-state index is 12.1. The van der Waals surface area contributed by atoms with Gasteiger partial charge in [-0.25, -0.2) is 13.1 Å². The molecule has 7 heteroatoms. The van der Waals surface area contributed by atoms with Crippen molar-refractivity contribution in [2.24, 2.45) is 5.73 Å². The fourth-order valence-electron chi connectivity index (χ4n) is 2.12. The van der Waals surface area contributed by atoms with Gasteiger partial charge in [0.15, 0.2) is 0 Å².